The molecule has 0 aromatic heterocycles. The lowest BCUT2D eigenvalue weighted by Gasteiger charge is -2.28. The molecule has 0 fully saturated rings. The molecule has 0 amide bonds. The van der Waals surface area contributed by atoms with Crippen LogP contribution < -0.4 is 5.73 Å². The summed E-state index contributed by atoms with van der Waals surface area (Å²) in [7, 11) is -3.17. The van der Waals surface area contributed by atoms with Crippen LogP contribution in [-0.4, -0.2) is 76.1 Å². The summed E-state index contributed by atoms with van der Waals surface area (Å²) >= 11 is 0. The smallest absolute Gasteiger partial charge is 0.324 e. The Bertz CT molecular complexity index is 373. The van der Waals surface area contributed by atoms with Crippen LogP contribution in [0, 0.1) is 0 Å². The molecule has 8 heteroatoms. The van der Waals surface area contributed by atoms with Gasteiger partial charge >= 0.3 is 18.6 Å². The molecule has 0 rings (SSSR count). The number of hydrogen-bond acceptors (Lipinski definition) is 6. The number of nitrogens with zero attached hydrogens (tertiary/aromatic N) is 1. The Morgan fingerprint density at radius 1 is 0.576 bits per heavy atom. The molecule has 0 aliphatic heterocycles. The van der Waals surface area contributed by atoms with Crippen molar-refractivity contribution in [1.82, 2.24) is 4.90 Å². The number of rotatable bonds is 25. The molecule has 0 bridgehead atoms. The van der Waals surface area contributed by atoms with E-state index in [1.807, 2.05) is 0 Å². The highest BCUT2D eigenvalue weighted by Gasteiger charge is 2.24. The van der Waals surface area contributed by atoms with Gasteiger partial charge in [0, 0.05) is 26.4 Å². The quantitative estimate of drug-likeness (QED) is 0.137. The van der Waals surface area contributed by atoms with Gasteiger partial charge in [-0.25, -0.2) is 0 Å². The second-order valence-corrected chi connectivity index (χ2v) is 14.3. The van der Waals surface area contributed by atoms with Crippen LogP contribution in [0.25, 0.3) is 0 Å². The number of nitrogens with two attached hydrogens (primary N) is 1. The standard InChI is InChI=1S/C25H58N2O4Si2/c1-7-28-32(29-8-2)24(5)18-22-27(21-17-15-13-11-12-14-16-20-26)23-19-25(6)33(30-9-3)31-10-4/h24-25,32-33H,7-23,26H2,1-6H3. The fourth-order valence-electron chi connectivity index (χ4n) is 4.15. The lowest BCUT2D eigenvalue weighted by molar-refractivity contribution is 0.191. The molecule has 200 valence electrons. The summed E-state index contributed by atoms with van der Waals surface area (Å²) in [6.07, 6.45) is 11.4. The average Bonchev–Trinajstić information content (AvgIpc) is 2.81. The molecule has 0 spiro atoms. The molecular weight excluding hydrogens is 448 g/mol. The predicted octanol–water partition coefficient (Wildman–Crippen LogP) is 5.13. The van der Waals surface area contributed by atoms with Crippen LogP contribution in [-0.2, 0) is 17.7 Å². The summed E-state index contributed by atoms with van der Waals surface area (Å²) in [6, 6.07) is 0. The van der Waals surface area contributed by atoms with Crippen LogP contribution in [0.4, 0.5) is 0 Å². The minimum Gasteiger partial charge on any atom is -0.397 e. The van der Waals surface area contributed by atoms with Gasteiger partial charge in [0.15, 0.2) is 0 Å². The number of unbranched alkanes of at least 4 members (excludes halogenated alkanes) is 6. The molecule has 2 N–H and O–H groups in total. The zero-order valence-corrected chi connectivity index (χ0v) is 25.3. The van der Waals surface area contributed by atoms with Crippen molar-refractivity contribution in [3.05, 3.63) is 0 Å². The first-order valence-corrected chi connectivity index (χ1v) is 17.1. The first-order valence-electron chi connectivity index (χ1n) is 13.9. The van der Waals surface area contributed by atoms with Crippen LogP contribution in [0.15, 0.2) is 0 Å². The molecule has 0 aliphatic carbocycles. The highest BCUT2D eigenvalue weighted by atomic mass is 28.3. The Kier molecular flexibility index (Phi) is 24.1. The van der Waals surface area contributed by atoms with Crippen LogP contribution >= 0.6 is 0 Å². The van der Waals surface area contributed by atoms with Gasteiger partial charge in [-0.2, -0.15) is 0 Å². The van der Waals surface area contributed by atoms with E-state index in [2.05, 4.69) is 46.4 Å². The Morgan fingerprint density at radius 3 is 1.30 bits per heavy atom. The van der Waals surface area contributed by atoms with Gasteiger partial charge in [0.2, 0.25) is 0 Å². The second-order valence-electron chi connectivity index (χ2n) is 9.20. The van der Waals surface area contributed by atoms with Crippen molar-refractivity contribution in [2.45, 2.75) is 110 Å². The van der Waals surface area contributed by atoms with Crippen molar-refractivity contribution in [3.63, 3.8) is 0 Å². The zero-order valence-electron chi connectivity index (χ0n) is 23.0. The van der Waals surface area contributed by atoms with Crippen LogP contribution in [0.2, 0.25) is 11.1 Å². The molecular formula is C25H58N2O4Si2. The molecule has 0 aromatic carbocycles. The summed E-state index contributed by atoms with van der Waals surface area (Å²) in [5.41, 5.74) is 6.65. The van der Waals surface area contributed by atoms with Crippen molar-refractivity contribution in [1.29, 1.82) is 0 Å². The summed E-state index contributed by atoms with van der Waals surface area (Å²) in [6.45, 7) is 20.2. The largest absolute Gasteiger partial charge is 0.397 e. The Labute approximate surface area is 210 Å². The fraction of sp³-hybridized carbons (Fsp3) is 1.00. The molecule has 33 heavy (non-hydrogen) atoms. The van der Waals surface area contributed by atoms with E-state index in [0.29, 0.717) is 11.1 Å². The lowest BCUT2D eigenvalue weighted by atomic mass is 10.1. The van der Waals surface area contributed by atoms with Gasteiger partial charge in [-0.1, -0.05) is 46.0 Å². The summed E-state index contributed by atoms with van der Waals surface area (Å²) in [4.78, 5) is 2.67. The Balaban J connectivity index is 4.63. The van der Waals surface area contributed by atoms with Gasteiger partial charge in [0.05, 0.1) is 0 Å². The SMILES string of the molecule is CCO[SiH](OCC)C(C)CCN(CCCCCCCCCN)CCC(C)[SiH](OCC)OCC. The minimum atomic E-state index is -1.58. The maximum absolute atomic E-state index is 5.98. The number of hydrogen-bond donors (Lipinski definition) is 1. The van der Waals surface area contributed by atoms with E-state index in [1.165, 1.54) is 51.5 Å². The molecule has 0 aliphatic rings. The van der Waals surface area contributed by atoms with Crippen molar-refractivity contribution in [3.8, 4) is 0 Å². The molecule has 0 saturated heterocycles. The fourth-order valence-corrected chi connectivity index (χ4v) is 7.82. The van der Waals surface area contributed by atoms with Gasteiger partial charge < -0.3 is 28.3 Å². The van der Waals surface area contributed by atoms with E-state index in [0.717, 1.165) is 58.9 Å². The lowest BCUT2D eigenvalue weighted by Crippen LogP contribution is -2.34. The van der Waals surface area contributed by atoms with Crippen molar-refractivity contribution in [2.24, 2.45) is 5.73 Å². The van der Waals surface area contributed by atoms with Gasteiger partial charge in [-0.05, 0) is 90.6 Å². The maximum Gasteiger partial charge on any atom is 0.324 e. The van der Waals surface area contributed by atoms with Gasteiger partial charge in [-0.3, -0.25) is 0 Å². The van der Waals surface area contributed by atoms with Crippen molar-refractivity contribution < 1.29 is 17.7 Å². The third-order valence-electron chi connectivity index (χ3n) is 6.23. The zero-order chi connectivity index (χ0) is 24.7. The predicted molar refractivity (Wildman–Crippen MR) is 147 cm³/mol. The van der Waals surface area contributed by atoms with E-state index >= 15 is 0 Å². The summed E-state index contributed by atoms with van der Waals surface area (Å²) in [5, 5.41) is 0. The van der Waals surface area contributed by atoms with Crippen LogP contribution in [0.1, 0.15) is 99.3 Å². The first-order chi connectivity index (χ1) is 16.0. The molecule has 2 atom stereocenters. The summed E-state index contributed by atoms with van der Waals surface area (Å²) in [5.74, 6) is 0. The van der Waals surface area contributed by atoms with Crippen molar-refractivity contribution >= 4 is 18.6 Å². The molecule has 2 unspecified atom stereocenters. The van der Waals surface area contributed by atoms with Crippen LogP contribution in [0.3, 0.4) is 0 Å². The van der Waals surface area contributed by atoms with E-state index in [9.17, 15) is 0 Å². The van der Waals surface area contributed by atoms with E-state index in [-0.39, 0.29) is 0 Å². The van der Waals surface area contributed by atoms with Gasteiger partial charge in [0.1, 0.15) is 0 Å². The molecule has 0 radical (unpaired) electrons. The van der Waals surface area contributed by atoms with Gasteiger partial charge in [-0.15, -0.1) is 0 Å². The molecule has 0 aromatic rings. The maximum atomic E-state index is 5.98. The van der Waals surface area contributed by atoms with E-state index in [4.69, 9.17) is 23.4 Å². The van der Waals surface area contributed by atoms with Crippen molar-refractivity contribution in [2.75, 3.05) is 52.6 Å². The minimum absolute atomic E-state index is 0.529. The topological polar surface area (TPSA) is 66.2 Å². The van der Waals surface area contributed by atoms with Gasteiger partial charge in [0.25, 0.3) is 0 Å². The molecule has 6 nitrogen and oxygen atoms in total. The Hall–Kier alpha value is 0.194. The third-order valence-corrected chi connectivity index (χ3v) is 11.4. The normalized spacial score (nSPS) is 14.0. The Morgan fingerprint density at radius 2 is 0.939 bits per heavy atom. The molecule has 0 heterocycles. The highest BCUT2D eigenvalue weighted by Crippen LogP contribution is 2.21. The third kappa shape index (κ3) is 18.2. The summed E-state index contributed by atoms with van der Waals surface area (Å²) < 4.78 is 23.9. The van der Waals surface area contributed by atoms with E-state index in [1.54, 1.807) is 0 Å². The van der Waals surface area contributed by atoms with E-state index < -0.39 is 18.6 Å². The average molecular weight is 507 g/mol. The monoisotopic (exact) mass is 506 g/mol. The van der Waals surface area contributed by atoms with Crippen LogP contribution in [0.5, 0.6) is 0 Å². The highest BCUT2D eigenvalue weighted by molar-refractivity contribution is 6.46. The first kappa shape index (κ1) is 33.2. The second kappa shape index (κ2) is 23.9. The molecule has 0 saturated carbocycles.